The summed E-state index contributed by atoms with van der Waals surface area (Å²) in [5.74, 6) is -9.02. The third-order valence-corrected chi connectivity index (χ3v) is 8.15. The molecule has 2 rings (SSSR count). The van der Waals surface area contributed by atoms with Crippen LogP contribution >= 0.6 is 0 Å². The molecule has 0 unspecified atom stereocenters. The highest BCUT2D eigenvalue weighted by Crippen LogP contribution is 2.52. The fraction of sp³-hybridized carbons (Fsp3) is 0.606. The maximum absolute atomic E-state index is 14.4. The second-order valence-corrected chi connectivity index (χ2v) is 12.6. The standard InChI is InChI=1S/C33H44O13/c1-12-16(2)30(40)45-26-25(43-20(6)35)18(4)24(42-19(5)34)23-29(44-21(7)36)32(11,41)15-33(23,46-22(8)37)27(38)17(3)13-14-31(9,10)28(26)39/h12-14,17,23-26,29,41H,4,15H2,1-3,5-11H3/b14-13+,16-12+/t17-,23+,24+,25+,26-,29-,32-,33-/m1/s1. The Bertz CT molecular complexity index is 1370. The van der Waals surface area contributed by atoms with Gasteiger partial charge in [0, 0.05) is 56.6 Å². The number of fused-ring (bicyclic) bond motifs is 1. The van der Waals surface area contributed by atoms with Gasteiger partial charge in [-0.25, -0.2) is 4.79 Å². The van der Waals surface area contributed by atoms with Gasteiger partial charge in [-0.2, -0.15) is 0 Å². The molecule has 2 aliphatic carbocycles. The lowest BCUT2D eigenvalue weighted by Crippen LogP contribution is -2.58. The summed E-state index contributed by atoms with van der Waals surface area (Å²) in [6.07, 6.45) is -3.62. The summed E-state index contributed by atoms with van der Waals surface area (Å²) < 4.78 is 28.2. The van der Waals surface area contributed by atoms with E-state index in [4.69, 9.17) is 23.7 Å². The molecule has 0 amide bonds. The number of allylic oxidation sites excluding steroid dienone is 3. The van der Waals surface area contributed by atoms with E-state index in [0.717, 1.165) is 27.7 Å². The highest BCUT2D eigenvalue weighted by atomic mass is 16.6. The number of aliphatic hydroxyl groups is 1. The number of esters is 5. The molecule has 1 fully saturated rings. The van der Waals surface area contributed by atoms with Crippen molar-refractivity contribution in [2.24, 2.45) is 17.3 Å². The zero-order valence-corrected chi connectivity index (χ0v) is 28.0. The van der Waals surface area contributed by atoms with E-state index in [-0.39, 0.29) is 11.1 Å². The van der Waals surface area contributed by atoms with Gasteiger partial charge in [-0.3, -0.25) is 28.8 Å². The predicted octanol–water partition coefficient (Wildman–Crippen LogP) is 2.66. The lowest BCUT2D eigenvalue weighted by molar-refractivity contribution is -0.188. The first kappa shape index (κ1) is 38.1. The van der Waals surface area contributed by atoms with Gasteiger partial charge in [0.15, 0.2) is 23.3 Å². The topological polar surface area (TPSA) is 186 Å². The van der Waals surface area contributed by atoms with Gasteiger partial charge in [-0.15, -0.1) is 0 Å². The van der Waals surface area contributed by atoms with Gasteiger partial charge in [0.2, 0.25) is 6.10 Å². The van der Waals surface area contributed by atoms with Crippen LogP contribution < -0.4 is 0 Å². The number of hydrogen-bond acceptors (Lipinski definition) is 13. The first-order valence-corrected chi connectivity index (χ1v) is 14.8. The van der Waals surface area contributed by atoms with Crippen molar-refractivity contribution in [3.8, 4) is 0 Å². The summed E-state index contributed by atoms with van der Waals surface area (Å²) in [7, 11) is 0. The van der Waals surface area contributed by atoms with Crippen LogP contribution in [0.3, 0.4) is 0 Å². The molecule has 254 valence electrons. The monoisotopic (exact) mass is 648 g/mol. The van der Waals surface area contributed by atoms with E-state index in [1.165, 1.54) is 52.8 Å². The largest absolute Gasteiger partial charge is 0.459 e. The quantitative estimate of drug-likeness (QED) is 0.192. The van der Waals surface area contributed by atoms with Gasteiger partial charge >= 0.3 is 29.8 Å². The molecule has 46 heavy (non-hydrogen) atoms. The zero-order chi connectivity index (χ0) is 35.5. The molecule has 13 heteroatoms. The SMILES string of the molecule is C=C1[C@H](OC(C)=O)[C@H]2[C@@H](OC(C)=O)[C@](C)(O)C[C@]2(OC(C)=O)C(=O)[C@H](C)/C=C/C(C)(C)C(=O)[C@H](OC(=O)/C(C)=C/C)[C@H]1OC(C)=O. The molecule has 0 radical (unpaired) electrons. The molecule has 0 heterocycles. The molecule has 0 aromatic carbocycles. The highest BCUT2D eigenvalue weighted by Gasteiger charge is 2.70. The lowest BCUT2D eigenvalue weighted by atomic mass is 9.72. The van der Waals surface area contributed by atoms with Crippen LogP contribution in [-0.4, -0.2) is 82.1 Å². The van der Waals surface area contributed by atoms with Gasteiger partial charge in [-0.05, 0) is 34.6 Å². The lowest BCUT2D eigenvalue weighted by Gasteiger charge is -2.42. The third kappa shape index (κ3) is 7.98. The number of rotatable bonds is 6. The average molecular weight is 649 g/mol. The number of hydrogen-bond donors (Lipinski definition) is 1. The summed E-state index contributed by atoms with van der Waals surface area (Å²) >= 11 is 0. The summed E-state index contributed by atoms with van der Waals surface area (Å²) in [6.45, 7) is 16.8. The van der Waals surface area contributed by atoms with E-state index >= 15 is 0 Å². The van der Waals surface area contributed by atoms with Crippen LogP contribution in [0.1, 0.15) is 75.7 Å². The first-order chi connectivity index (χ1) is 21.0. The van der Waals surface area contributed by atoms with E-state index in [0.29, 0.717) is 0 Å². The van der Waals surface area contributed by atoms with Gasteiger partial charge in [-0.1, -0.05) is 31.7 Å². The minimum absolute atomic E-state index is 0.117. The highest BCUT2D eigenvalue weighted by molar-refractivity contribution is 5.97. The van der Waals surface area contributed by atoms with Crippen molar-refractivity contribution in [3.05, 3.63) is 36.0 Å². The van der Waals surface area contributed by atoms with Gasteiger partial charge in [0.25, 0.3) is 0 Å². The molecular weight excluding hydrogens is 604 g/mol. The van der Waals surface area contributed by atoms with Crippen molar-refractivity contribution in [2.45, 2.75) is 111 Å². The molecule has 2 aliphatic rings. The van der Waals surface area contributed by atoms with Crippen molar-refractivity contribution < 1.29 is 62.4 Å². The van der Waals surface area contributed by atoms with E-state index in [1.54, 1.807) is 6.92 Å². The summed E-state index contributed by atoms with van der Waals surface area (Å²) in [4.78, 5) is 91.9. The predicted molar refractivity (Wildman–Crippen MR) is 160 cm³/mol. The number of ether oxygens (including phenoxy) is 5. The van der Waals surface area contributed by atoms with Crippen LogP contribution in [-0.2, 0) is 57.2 Å². The maximum Gasteiger partial charge on any atom is 0.334 e. The minimum Gasteiger partial charge on any atom is -0.459 e. The number of carbonyl (C=O) groups is 7. The van der Waals surface area contributed by atoms with Gasteiger partial charge < -0.3 is 28.8 Å². The second kappa shape index (κ2) is 14.1. The molecule has 1 N–H and O–H groups in total. The normalized spacial score (nSPS) is 33.8. The molecule has 0 spiro atoms. The average Bonchev–Trinajstić information content (AvgIpc) is 3.14. The van der Waals surface area contributed by atoms with Crippen molar-refractivity contribution in [3.63, 3.8) is 0 Å². The van der Waals surface area contributed by atoms with Crippen molar-refractivity contribution in [1.82, 2.24) is 0 Å². The Morgan fingerprint density at radius 1 is 0.826 bits per heavy atom. The van der Waals surface area contributed by atoms with E-state index < -0.39 is 101 Å². The zero-order valence-electron chi connectivity index (χ0n) is 28.0. The molecule has 8 atom stereocenters. The molecule has 0 aromatic heterocycles. The van der Waals surface area contributed by atoms with E-state index in [2.05, 4.69) is 6.58 Å². The van der Waals surface area contributed by atoms with Gasteiger partial charge in [0.05, 0.1) is 5.92 Å². The van der Waals surface area contributed by atoms with E-state index in [9.17, 15) is 38.7 Å². The fourth-order valence-electron chi connectivity index (χ4n) is 5.94. The van der Waals surface area contributed by atoms with E-state index in [1.807, 2.05) is 0 Å². The van der Waals surface area contributed by atoms with Crippen LogP contribution in [0.2, 0.25) is 0 Å². The Labute approximate surface area is 268 Å². The molecule has 0 bridgehead atoms. The Hall–Kier alpha value is -4.13. The smallest absolute Gasteiger partial charge is 0.334 e. The molecular formula is C33H44O13. The first-order valence-electron chi connectivity index (χ1n) is 14.8. The van der Waals surface area contributed by atoms with Crippen molar-refractivity contribution in [1.29, 1.82) is 0 Å². The molecule has 13 nitrogen and oxygen atoms in total. The minimum atomic E-state index is -2.32. The molecule has 0 aliphatic heterocycles. The van der Waals surface area contributed by atoms with Crippen LogP contribution in [0.4, 0.5) is 0 Å². The van der Waals surface area contributed by atoms with Crippen LogP contribution in [0.25, 0.3) is 0 Å². The number of Topliss-reactive ketones (excluding diaryl/α,β-unsaturated/α-hetero) is 2. The Morgan fingerprint density at radius 3 is 1.83 bits per heavy atom. The molecule has 0 saturated heterocycles. The second-order valence-electron chi connectivity index (χ2n) is 12.6. The number of carbonyl (C=O) groups excluding carboxylic acids is 7. The summed E-state index contributed by atoms with van der Waals surface area (Å²) in [6, 6.07) is 0. The maximum atomic E-state index is 14.4. The third-order valence-electron chi connectivity index (χ3n) is 8.15. The summed E-state index contributed by atoms with van der Waals surface area (Å²) in [5.41, 5.74) is -6.11. The molecule has 0 aromatic rings. The fourth-order valence-corrected chi connectivity index (χ4v) is 5.94. The number of ketones is 2. The van der Waals surface area contributed by atoms with Crippen molar-refractivity contribution in [2.75, 3.05) is 0 Å². The van der Waals surface area contributed by atoms with Crippen LogP contribution in [0.15, 0.2) is 36.0 Å². The Kier molecular flexibility index (Phi) is 11.7. The van der Waals surface area contributed by atoms with Gasteiger partial charge in [0.1, 0.15) is 17.8 Å². The Balaban J connectivity index is 3.15. The molecule has 1 saturated carbocycles. The Morgan fingerprint density at radius 2 is 1.35 bits per heavy atom. The summed E-state index contributed by atoms with van der Waals surface area (Å²) in [5, 5.41) is 11.7. The van der Waals surface area contributed by atoms with Crippen molar-refractivity contribution >= 4 is 41.4 Å². The van der Waals surface area contributed by atoms with Crippen LogP contribution in [0, 0.1) is 17.3 Å². The van der Waals surface area contributed by atoms with Crippen LogP contribution in [0.5, 0.6) is 0 Å².